The second kappa shape index (κ2) is 6.47. The van der Waals surface area contributed by atoms with E-state index in [1.54, 1.807) is 11.8 Å². The number of esters is 1. The van der Waals surface area contributed by atoms with E-state index in [-0.39, 0.29) is 12.6 Å². The molecule has 94 valence electrons. The van der Waals surface area contributed by atoms with E-state index < -0.39 is 5.54 Å². The van der Waals surface area contributed by atoms with Crippen molar-refractivity contribution in [1.82, 2.24) is 5.32 Å². The standard InChI is InChI=1S/C11H21NO3S/c1-12-11(9-4-5-9,10(14)15-2)8-16-7-3-6-13/h9,12-13H,3-8H2,1-2H3. The van der Waals surface area contributed by atoms with Crippen molar-refractivity contribution in [3.05, 3.63) is 0 Å². The molecule has 0 saturated heterocycles. The lowest BCUT2D eigenvalue weighted by Crippen LogP contribution is -2.55. The molecule has 1 fully saturated rings. The molecular formula is C11H21NO3S. The number of carbonyl (C=O) groups is 1. The predicted molar refractivity (Wildman–Crippen MR) is 65.6 cm³/mol. The maximum atomic E-state index is 11.9. The van der Waals surface area contributed by atoms with Crippen LogP contribution in [-0.2, 0) is 9.53 Å². The molecule has 16 heavy (non-hydrogen) atoms. The lowest BCUT2D eigenvalue weighted by atomic mass is 9.96. The van der Waals surface area contributed by atoms with Gasteiger partial charge in [-0.3, -0.25) is 4.79 Å². The van der Waals surface area contributed by atoms with Crippen LogP contribution in [0.15, 0.2) is 0 Å². The molecule has 0 radical (unpaired) electrons. The van der Waals surface area contributed by atoms with Crippen molar-refractivity contribution in [2.24, 2.45) is 5.92 Å². The Balaban J connectivity index is 2.52. The highest BCUT2D eigenvalue weighted by Crippen LogP contribution is 2.42. The quantitative estimate of drug-likeness (QED) is 0.487. The normalized spacial score (nSPS) is 19.2. The summed E-state index contributed by atoms with van der Waals surface area (Å²) in [5.41, 5.74) is -0.519. The van der Waals surface area contributed by atoms with E-state index in [1.807, 2.05) is 7.05 Å². The lowest BCUT2D eigenvalue weighted by molar-refractivity contribution is -0.148. The zero-order chi connectivity index (χ0) is 12.0. The van der Waals surface area contributed by atoms with E-state index in [1.165, 1.54) is 7.11 Å². The topological polar surface area (TPSA) is 58.6 Å². The van der Waals surface area contributed by atoms with Gasteiger partial charge in [0.15, 0.2) is 0 Å². The molecule has 0 aromatic rings. The molecule has 0 aromatic heterocycles. The highest BCUT2D eigenvalue weighted by molar-refractivity contribution is 7.99. The van der Waals surface area contributed by atoms with Gasteiger partial charge >= 0.3 is 5.97 Å². The van der Waals surface area contributed by atoms with Gasteiger partial charge in [-0.25, -0.2) is 0 Å². The third-order valence-electron chi connectivity index (χ3n) is 3.05. The Hall–Kier alpha value is -0.260. The van der Waals surface area contributed by atoms with Gasteiger partial charge in [0.05, 0.1) is 7.11 Å². The van der Waals surface area contributed by atoms with Crippen LogP contribution in [0.25, 0.3) is 0 Å². The van der Waals surface area contributed by atoms with Gasteiger partial charge in [-0.05, 0) is 38.0 Å². The van der Waals surface area contributed by atoms with Crippen LogP contribution < -0.4 is 5.32 Å². The van der Waals surface area contributed by atoms with Crippen molar-refractivity contribution in [3.8, 4) is 0 Å². The fourth-order valence-electron chi connectivity index (χ4n) is 1.88. The summed E-state index contributed by atoms with van der Waals surface area (Å²) in [6, 6.07) is 0. The number of methoxy groups -OCH3 is 1. The van der Waals surface area contributed by atoms with E-state index in [2.05, 4.69) is 5.32 Å². The Kier molecular flexibility index (Phi) is 5.58. The summed E-state index contributed by atoms with van der Waals surface area (Å²) in [5.74, 6) is 1.85. The Morgan fingerprint density at radius 2 is 2.31 bits per heavy atom. The zero-order valence-corrected chi connectivity index (χ0v) is 10.8. The Labute approximate surface area is 101 Å². The van der Waals surface area contributed by atoms with Crippen molar-refractivity contribution in [2.75, 3.05) is 32.3 Å². The maximum absolute atomic E-state index is 11.9. The summed E-state index contributed by atoms with van der Waals surface area (Å²) in [6.45, 7) is 0.210. The average molecular weight is 247 g/mol. The number of aliphatic hydroxyl groups excluding tert-OH is 1. The van der Waals surface area contributed by atoms with E-state index in [4.69, 9.17) is 9.84 Å². The lowest BCUT2D eigenvalue weighted by Gasteiger charge is -2.30. The third-order valence-corrected chi connectivity index (χ3v) is 4.28. The van der Waals surface area contributed by atoms with Gasteiger partial charge in [0, 0.05) is 12.4 Å². The molecule has 0 bridgehead atoms. The molecule has 0 aromatic carbocycles. The van der Waals surface area contributed by atoms with Crippen LogP contribution in [0.4, 0.5) is 0 Å². The van der Waals surface area contributed by atoms with Crippen LogP contribution in [0.5, 0.6) is 0 Å². The van der Waals surface area contributed by atoms with E-state index in [9.17, 15) is 4.79 Å². The molecule has 1 aliphatic rings. The molecule has 0 aliphatic heterocycles. The molecule has 1 saturated carbocycles. The SMILES string of the molecule is CNC(CSCCCO)(C(=O)OC)C1CC1. The van der Waals surface area contributed by atoms with Crippen LogP contribution in [0.1, 0.15) is 19.3 Å². The first-order valence-electron chi connectivity index (χ1n) is 5.67. The fourth-order valence-corrected chi connectivity index (χ4v) is 3.18. The van der Waals surface area contributed by atoms with Gasteiger partial charge in [0.1, 0.15) is 5.54 Å². The summed E-state index contributed by atoms with van der Waals surface area (Å²) in [7, 11) is 3.26. The Morgan fingerprint density at radius 3 is 2.75 bits per heavy atom. The fraction of sp³-hybridized carbons (Fsp3) is 0.909. The van der Waals surface area contributed by atoms with E-state index in [0.29, 0.717) is 5.92 Å². The number of hydrogen-bond donors (Lipinski definition) is 2. The first-order chi connectivity index (χ1) is 7.71. The van der Waals surface area contributed by atoms with Crippen molar-refractivity contribution in [2.45, 2.75) is 24.8 Å². The second-order valence-corrected chi connectivity index (χ2v) is 5.22. The minimum Gasteiger partial charge on any atom is -0.468 e. The zero-order valence-electron chi connectivity index (χ0n) is 9.99. The van der Waals surface area contributed by atoms with Gasteiger partial charge < -0.3 is 15.2 Å². The smallest absolute Gasteiger partial charge is 0.327 e. The average Bonchev–Trinajstić information content (AvgIpc) is 3.13. The number of rotatable bonds is 8. The first-order valence-corrected chi connectivity index (χ1v) is 6.82. The predicted octanol–water partition coefficient (Wildman–Crippen LogP) is 0.643. The number of hydrogen-bond acceptors (Lipinski definition) is 5. The number of aliphatic hydroxyl groups is 1. The van der Waals surface area contributed by atoms with E-state index >= 15 is 0 Å². The summed E-state index contributed by atoms with van der Waals surface area (Å²) in [5, 5.41) is 11.9. The molecule has 1 rings (SSSR count). The number of ether oxygens (including phenoxy) is 1. The number of likely N-dealkylation sites (N-methyl/N-ethyl adjacent to an activating group) is 1. The molecule has 1 unspecified atom stereocenters. The van der Waals surface area contributed by atoms with Crippen molar-refractivity contribution < 1.29 is 14.6 Å². The summed E-state index contributed by atoms with van der Waals surface area (Å²) in [6.07, 6.45) is 2.96. The van der Waals surface area contributed by atoms with Crippen LogP contribution in [-0.4, -0.2) is 48.9 Å². The molecule has 4 nitrogen and oxygen atoms in total. The molecule has 1 atom stereocenters. The Bertz CT molecular complexity index is 233. The number of nitrogens with one attached hydrogen (secondary N) is 1. The van der Waals surface area contributed by atoms with Gasteiger partial charge in [-0.15, -0.1) is 0 Å². The highest BCUT2D eigenvalue weighted by atomic mass is 32.2. The summed E-state index contributed by atoms with van der Waals surface area (Å²) < 4.78 is 4.90. The van der Waals surface area contributed by atoms with E-state index in [0.717, 1.165) is 30.8 Å². The molecule has 0 spiro atoms. The molecule has 0 heterocycles. The minimum absolute atomic E-state index is 0.158. The van der Waals surface area contributed by atoms with Crippen LogP contribution >= 0.6 is 11.8 Å². The van der Waals surface area contributed by atoms with Gasteiger partial charge in [-0.2, -0.15) is 11.8 Å². The maximum Gasteiger partial charge on any atom is 0.327 e. The first kappa shape index (κ1) is 13.8. The molecule has 0 amide bonds. The Morgan fingerprint density at radius 1 is 1.62 bits per heavy atom. The number of thioether (sulfide) groups is 1. The summed E-state index contributed by atoms with van der Waals surface area (Å²) in [4.78, 5) is 11.9. The van der Waals surface area contributed by atoms with Crippen LogP contribution in [0.2, 0.25) is 0 Å². The van der Waals surface area contributed by atoms with Gasteiger partial charge in [0.2, 0.25) is 0 Å². The molecule has 5 heteroatoms. The molecule has 2 N–H and O–H groups in total. The monoisotopic (exact) mass is 247 g/mol. The van der Waals surface area contributed by atoms with Crippen molar-refractivity contribution in [3.63, 3.8) is 0 Å². The number of carbonyl (C=O) groups excluding carboxylic acids is 1. The van der Waals surface area contributed by atoms with Crippen molar-refractivity contribution in [1.29, 1.82) is 0 Å². The second-order valence-electron chi connectivity index (χ2n) is 4.12. The minimum atomic E-state index is -0.519. The largest absolute Gasteiger partial charge is 0.468 e. The van der Waals surface area contributed by atoms with Crippen LogP contribution in [0.3, 0.4) is 0 Å². The van der Waals surface area contributed by atoms with Crippen LogP contribution in [0, 0.1) is 5.92 Å². The van der Waals surface area contributed by atoms with Crippen molar-refractivity contribution >= 4 is 17.7 Å². The third kappa shape index (κ3) is 3.12. The van der Waals surface area contributed by atoms with Gasteiger partial charge in [0.25, 0.3) is 0 Å². The summed E-state index contributed by atoms with van der Waals surface area (Å²) >= 11 is 1.70. The highest BCUT2D eigenvalue weighted by Gasteiger charge is 2.50. The van der Waals surface area contributed by atoms with Gasteiger partial charge in [-0.1, -0.05) is 0 Å². The molecule has 1 aliphatic carbocycles. The molecular weight excluding hydrogens is 226 g/mol.